The van der Waals surface area contributed by atoms with Crippen LogP contribution in [-0.2, 0) is 0 Å². The van der Waals surface area contributed by atoms with E-state index in [-0.39, 0.29) is 11.7 Å². The lowest BCUT2D eigenvalue weighted by Crippen LogP contribution is -2.35. The molecular weight excluding hydrogens is 228 g/mol. The van der Waals surface area contributed by atoms with Gasteiger partial charge in [0.05, 0.1) is 0 Å². The molecule has 4 nitrogen and oxygen atoms in total. The van der Waals surface area contributed by atoms with E-state index in [0.717, 1.165) is 18.6 Å². The first-order valence-corrected chi connectivity index (χ1v) is 6.06. The van der Waals surface area contributed by atoms with Crippen LogP contribution in [0.2, 0.25) is 0 Å². The van der Waals surface area contributed by atoms with E-state index in [4.69, 9.17) is 0 Å². The lowest BCUT2D eigenvalue weighted by molar-refractivity contribution is 0.0953. The van der Waals surface area contributed by atoms with Gasteiger partial charge in [-0.05, 0) is 37.0 Å². The van der Waals surface area contributed by atoms with Crippen molar-refractivity contribution < 1.29 is 9.90 Å². The highest BCUT2D eigenvalue weighted by atomic mass is 16.3. The minimum atomic E-state index is -0.284. The van der Waals surface area contributed by atoms with E-state index in [9.17, 15) is 9.90 Å². The Morgan fingerprint density at radius 1 is 1.44 bits per heavy atom. The van der Waals surface area contributed by atoms with Crippen LogP contribution in [-0.4, -0.2) is 16.7 Å². The first-order chi connectivity index (χ1) is 8.74. The van der Waals surface area contributed by atoms with Gasteiger partial charge in [0, 0.05) is 17.2 Å². The Kier molecular flexibility index (Phi) is 2.63. The third-order valence-corrected chi connectivity index (χ3v) is 3.57. The Labute approximate surface area is 105 Å². The van der Waals surface area contributed by atoms with Crippen LogP contribution in [0.15, 0.2) is 41.5 Å². The summed E-state index contributed by atoms with van der Waals surface area (Å²) in [6.45, 7) is 0. The second-order valence-corrected chi connectivity index (χ2v) is 4.73. The van der Waals surface area contributed by atoms with Gasteiger partial charge in [0.25, 0.3) is 5.91 Å². The number of hydrogen-bond donors (Lipinski definition) is 2. The van der Waals surface area contributed by atoms with Crippen LogP contribution in [0.4, 0.5) is 0 Å². The third kappa shape index (κ3) is 1.90. The number of allylic oxidation sites excluding steroid dienone is 2. The molecule has 0 spiro atoms. The van der Waals surface area contributed by atoms with Crippen molar-refractivity contribution in [3.8, 4) is 5.75 Å². The molecule has 92 valence electrons. The number of hydrazone groups is 1. The molecule has 0 aromatic heterocycles. The summed E-state index contributed by atoms with van der Waals surface area (Å²) in [4.78, 5) is 11.8. The molecule has 0 saturated heterocycles. The number of nitrogens with one attached hydrogen (secondary N) is 1. The molecule has 2 aliphatic carbocycles. The number of carbonyl (C=O) groups excluding carboxylic acids is 1. The van der Waals surface area contributed by atoms with E-state index in [1.807, 2.05) is 0 Å². The number of phenolic OH excluding ortho intramolecular Hbond substituents is 1. The molecular formula is C14H14N2O2. The molecule has 2 aliphatic rings. The van der Waals surface area contributed by atoms with Crippen molar-refractivity contribution >= 4 is 11.6 Å². The fraction of sp³-hybridized carbons (Fsp3) is 0.286. The molecule has 4 heteroatoms. The molecule has 0 radical (unpaired) electrons. The highest BCUT2D eigenvalue weighted by Gasteiger charge is 2.37. The van der Waals surface area contributed by atoms with Gasteiger partial charge in [-0.3, -0.25) is 4.79 Å². The van der Waals surface area contributed by atoms with Gasteiger partial charge in [0.15, 0.2) is 0 Å². The van der Waals surface area contributed by atoms with Crippen LogP contribution in [0.1, 0.15) is 23.2 Å². The highest BCUT2D eigenvalue weighted by molar-refractivity contribution is 5.98. The summed E-state index contributed by atoms with van der Waals surface area (Å²) >= 11 is 0. The number of aromatic hydroxyl groups is 1. The minimum Gasteiger partial charge on any atom is -0.508 e. The smallest absolute Gasteiger partial charge is 0.271 e. The molecule has 0 bridgehead atoms. The van der Waals surface area contributed by atoms with Gasteiger partial charge in [-0.2, -0.15) is 5.10 Å². The van der Waals surface area contributed by atoms with Crippen LogP contribution in [0.3, 0.4) is 0 Å². The van der Waals surface area contributed by atoms with Crippen LogP contribution >= 0.6 is 0 Å². The van der Waals surface area contributed by atoms with Crippen molar-refractivity contribution in [1.29, 1.82) is 0 Å². The van der Waals surface area contributed by atoms with Crippen molar-refractivity contribution in [3.63, 3.8) is 0 Å². The second kappa shape index (κ2) is 4.29. The molecule has 2 N–H and O–H groups in total. The zero-order valence-electron chi connectivity index (χ0n) is 9.84. The second-order valence-electron chi connectivity index (χ2n) is 4.73. The van der Waals surface area contributed by atoms with Gasteiger partial charge in [0.2, 0.25) is 0 Å². The predicted octanol–water partition coefficient (Wildman–Crippen LogP) is 2.07. The number of amides is 1. The van der Waals surface area contributed by atoms with Gasteiger partial charge in [-0.15, -0.1) is 0 Å². The standard InChI is InChI=1S/C14H14N2O2/c17-11-5-1-4-10(7-11)14(18)16-15-13-8-9-3-2-6-12(9)13/h1-5,7,9,12,17H,6,8H2,(H,16,18). The molecule has 1 aromatic rings. The molecule has 1 saturated carbocycles. The van der Waals surface area contributed by atoms with E-state index in [1.54, 1.807) is 12.1 Å². The summed E-state index contributed by atoms with van der Waals surface area (Å²) in [5.74, 6) is 0.919. The molecule has 2 atom stereocenters. The predicted molar refractivity (Wildman–Crippen MR) is 68.4 cm³/mol. The number of benzene rings is 1. The van der Waals surface area contributed by atoms with Crippen LogP contribution in [0.5, 0.6) is 5.75 Å². The third-order valence-electron chi connectivity index (χ3n) is 3.57. The van der Waals surface area contributed by atoms with Crippen molar-refractivity contribution in [3.05, 3.63) is 42.0 Å². The lowest BCUT2D eigenvalue weighted by atomic mass is 9.74. The quantitative estimate of drug-likeness (QED) is 0.616. The van der Waals surface area contributed by atoms with Crippen LogP contribution in [0, 0.1) is 11.8 Å². The first-order valence-electron chi connectivity index (χ1n) is 6.06. The zero-order chi connectivity index (χ0) is 12.5. The summed E-state index contributed by atoms with van der Waals surface area (Å²) in [6, 6.07) is 6.24. The van der Waals surface area contributed by atoms with Crippen LogP contribution in [0.25, 0.3) is 0 Å². The van der Waals surface area contributed by atoms with Crippen LogP contribution < -0.4 is 5.43 Å². The summed E-state index contributed by atoms with van der Waals surface area (Å²) in [5, 5.41) is 13.5. The van der Waals surface area contributed by atoms with Crippen molar-refractivity contribution in [1.82, 2.24) is 5.43 Å². The molecule has 3 rings (SSSR count). The Morgan fingerprint density at radius 3 is 3.11 bits per heavy atom. The van der Waals surface area contributed by atoms with E-state index in [0.29, 0.717) is 17.4 Å². The van der Waals surface area contributed by atoms with Gasteiger partial charge in [0.1, 0.15) is 5.75 Å². The topological polar surface area (TPSA) is 61.7 Å². The first kappa shape index (κ1) is 11.0. The van der Waals surface area contributed by atoms with Gasteiger partial charge in [-0.1, -0.05) is 18.2 Å². The molecule has 1 amide bonds. The number of carbonyl (C=O) groups is 1. The maximum atomic E-state index is 11.8. The summed E-state index contributed by atoms with van der Waals surface area (Å²) in [5.41, 5.74) is 4.04. The summed E-state index contributed by atoms with van der Waals surface area (Å²) in [7, 11) is 0. The van der Waals surface area contributed by atoms with Gasteiger partial charge < -0.3 is 5.11 Å². The Morgan fingerprint density at radius 2 is 2.33 bits per heavy atom. The average Bonchev–Trinajstić information content (AvgIpc) is 2.71. The van der Waals surface area contributed by atoms with E-state index < -0.39 is 0 Å². The number of phenols is 1. The Balaban J connectivity index is 1.64. The number of rotatable bonds is 2. The molecule has 1 aromatic carbocycles. The van der Waals surface area contributed by atoms with E-state index in [1.165, 1.54) is 12.1 Å². The lowest BCUT2D eigenvalue weighted by Gasteiger charge is -2.31. The summed E-state index contributed by atoms with van der Waals surface area (Å²) in [6.07, 6.45) is 6.38. The fourth-order valence-corrected chi connectivity index (χ4v) is 2.50. The van der Waals surface area contributed by atoms with Crippen molar-refractivity contribution in [2.24, 2.45) is 16.9 Å². The molecule has 18 heavy (non-hydrogen) atoms. The highest BCUT2D eigenvalue weighted by Crippen LogP contribution is 2.40. The Bertz CT molecular complexity index is 548. The van der Waals surface area contributed by atoms with E-state index in [2.05, 4.69) is 22.7 Å². The number of nitrogens with zero attached hydrogens (tertiary/aromatic N) is 1. The summed E-state index contributed by atoms with van der Waals surface area (Å²) < 4.78 is 0. The fourth-order valence-electron chi connectivity index (χ4n) is 2.50. The Hall–Kier alpha value is -2.10. The monoisotopic (exact) mass is 242 g/mol. The maximum Gasteiger partial charge on any atom is 0.271 e. The van der Waals surface area contributed by atoms with E-state index >= 15 is 0 Å². The zero-order valence-corrected chi connectivity index (χ0v) is 9.84. The molecule has 1 fully saturated rings. The SMILES string of the molecule is O=C(NN=C1CC2C=CCC12)c1cccc(O)c1. The van der Waals surface area contributed by atoms with Gasteiger partial charge in [-0.25, -0.2) is 5.43 Å². The average molecular weight is 242 g/mol. The molecule has 0 heterocycles. The molecule has 0 aliphatic heterocycles. The molecule has 2 unspecified atom stereocenters. The van der Waals surface area contributed by atoms with Gasteiger partial charge >= 0.3 is 0 Å². The largest absolute Gasteiger partial charge is 0.508 e. The maximum absolute atomic E-state index is 11.8. The van der Waals surface area contributed by atoms with Crippen molar-refractivity contribution in [2.75, 3.05) is 0 Å². The normalized spacial score (nSPS) is 26.8. The van der Waals surface area contributed by atoms with Crippen molar-refractivity contribution in [2.45, 2.75) is 12.8 Å². The number of hydrogen-bond acceptors (Lipinski definition) is 3. The minimum absolute atomic E-state index is 0.0824. The number of fused-ring (bicyclic) bond motifs is 1.